The van der Waals surface area contributed by atoms with E-state index in [1.54, 1.807) is 42.4 Å². The Morgan fingerprint density at radius 1 is 1.40 bits per heavy atom. The molecule has 0 amide bonds. The molecule has 0 aliphatic rings. The van der Waals surface area contributed by atoms with Crippen LogP contribution in [0.25, 0.3) is 22.6 Å². The number of pyridine rings is 1. The summed E-state index contributed by atoms with van der Waals surface area (Å²) < 4.78 is 7.73. The number of hydrogen-bond donors (Lipinski definition) is 0. The van der Waals surface area contributed by atoms with E-state index in [1.807, 2.05) is 18.2 Å². The zero-order chi connectivity index (χ0) is 18.0. The summed E-state index contributed by atoms with van der Waals surface area (Å²) in [7, 11) is 1.57. The fraction of sp³-hybridized carbons (Fsp3) is 0.105. The molecule has 5 nitrogen and oxygen atoms in total. The highest BCUT2D eigenvalue weighted by Gasteiger charge is 2.15. The summed E-state index contributed by atoms with van der Waals surface area (Å²) >= 11 is 3.45. The van der Waals surface area contributed by atoms with Crippen LogP contribution in [0.15, 0.2) is 47.3 Å². The Kier molecular flexibility index (Phi) is 4.68. The van der Waals surface area contributed by atoms with Crippen LogP contribution in [-0.4, -0.2) is 22.6 Å². The topological polar surface area (TPSA) is 67.9 Å². The van der Waals surface area contributed by atoms with Crippen molar-refractivity contribution in [3.8, 4) is 11.8 Å². The number of hydrogen-bond acceptors (Lipinski definition) is 4. The third kappa shape index (κ3) is 3.19. The number of nitriles is 1. The molecule has 2 aromatic heterocycles. The van der Waals surface area contributed by atoms with E-state index in [0.717, 1.165) is 15.4 Å². The predicted molar refractivity (Wildman–Crippen MR) is 100 cm³/mol. The van der Waals surface area contributed by atoms with Crippen molar-refractivity contribution >= 4 is 44.4 Å². The van der Waals surface area contributed by atoms with Gasteiger partial charge in [0, 0.05) is 46.5 Å². The number of rotatable bonds is 3. The number of carbonyl (C=O) groups excluding carboxylic acids is 1. The Labute approximate surface area is 153 Å². The van der Waals surface area contributed by atoms with Crippen LogP contribution in [0.5, 0.6) is 5.75 Å². The average molecular weight is 396 g/mol. The molecule has 1 aromatic carbocycles. The Bertz CT molecular complexity index is 1040. The van der Waals surface area contributed by atoms with E-state index in [1.165, 1.54) is 6.92 Å². The monoisotopic (exact) mass is 395 g/mol. The van der Waals surface area contributed by atoms with Gasteiger partial charge in [-0.1, -0.05) is 15.9 Å². The first-order chi connectivity index (χ1) is 12.0. The number of methoxy groups -OCH3 is 1. The van der Waals surface area contributed by atoms with Gasteiger partial charge in [-0.05, 0) is 30.3 Å². The van der Waals surface area contributed by atoms with Gasteiger partial charge in [0.2, 0.25) is 5.91 Å². The van der Waals surface area contributed by atoms with Crippen LogP contribution in [0.1, 0.15) is 22.8 Å². The number of fused-ring (bicyclic) bond motifs is 1. The SMILES string of the molecule is COc1ccncc1C=C(C#N)c1cn(C(C)=O)c2ccc(Br)cc12. The van der Waals surface area contributed by atoms with Crippen LogP contribution in [-0.2, 0) is 0 Å². The maximum absolute atomic E-state index is 11.9. The molecule has 0 radical (unpaired) electrons. The zero-order valence-corrected chi connectivity index (χ0v) is 15.2. The highest BCUT2D eigenvalue weighted by Crippen LogP contribution is 2.32. The molecular weight excluding hydrogens is 382 g/mol. The second-order valence-electron chi connectivity index (χ2n) is 5.38. The fourth-order valence-electron chi connectivity index (χ4n) is 2.69. The van der Waals surface area contributed by atoms with Crippen LogP contribution in [0, 0.1) is 11.3 Å². The third-order valence-electron chi connectivity index (χ3n) is 3.85. The standard InChI is InChI=1S/C19H14BrN3O2/c1-12(24)23-11-17(16-8-15(20)3-4-18(16)23)13(9-21)7-14-10-22-6-5-19(14)25-2/h3-8,10-11H,1-2H3. The highest BCUT2D eigenvalue weighted by molar-refractivity contribution is 9.10. The molecule has 6 heteroatoms. The molecule has 124 valence electrons. The molecule has 25 heavy (non-hydrogen) atoms. The van der Waals surface area contributed by atoms with E-state index >= 15 is 0 Å². The number of allylic oxidation sites excluding steroid dienone is 1. The first kappa shape index (κ1) is 16.9. The van der Waals surface area contributed by atoms with Crippen molar-refractivity contribution in [3.05, 3.63) is 58.5 Å². The Morgan fingerprint density at radius 3 is 2.88 bits per heavy atom. The molecule has 0 saturated heterocycles. The minimum absolute atomic E-state index is 0.116. The number of benzene rings is 1. The molecule has 0 N–H and O–H groups in total. The number of nitrogens with zero attached hydrogens (tertiary/aromatic N) is 3. The highest BCUT2D eigenvalue weighted by atomic mass is 79.9. The smallest absolute Gasteiger partial charge is 0.227 e. The van der Waals surface area contributed by atoms with Crippen molar-refractivity contribution in [2.75, 3.05) is 7.11 Å². The number of aromatic nitrogens is 2. The van der Waals surface area contributed by atoms with E-state index in [-0.39, 0.29) is 5.91 Å². The zero-order valence-electron chi connectivity index (χ0n) is 13.7. The van der Waals surface area contributed by atoms with Gasteiger partial charge < -0.3 is 4.74 Å². The maximum Gasteiger partial charge on any atom is 0.227 e. The van der Waals surface area contributed by atoms with E-state index in [4.69, 9.17) is 4.74 Å². The lowest BCUT2D eigenvalue weighted by Crippen LogP contribution is -2.02. The van der Waals surface area contributed by atoms with Crippen molar-refractivity contribution < 1.29 is 9.53 Å². The second kappa shape index (κ2) is 6.91. The van der Waals surface area contributed by atoms with Crippen molar-refractivity contribution in [3.63, 3.8) is 0 Å². The molecule has 0 atom stereocenters. The van der Waals surface area contributed by atoms with E-state index in [0.29, 0.717) is 22.4 Å². The molecule has 0 saturated carbocycles. The van der Waals surface area contributed by atoms with E-state index < -0.39 is 0 Å². The van der Waals surface area contributed by atoms with Crippen molar-refractivity contribution in [1.29, 1.82) is 5.26 Å². The lowest BCUT2D eigenvalue weighted by molar-refractivity contribution is 0.0941. The van der Waals surface area contributed by atoms with Crippen LogP contribution < -0.4 is 4.74 Å². The largest absolute Gasteiger partial charge is 0.496 e. The van der Waals surface area contributed by atoms with Crippen LogP contribution >= 0.6 is 15.9 Å². The van der Waals surface area contributed by atoms with Gasteiger partial charge in [-0.25, -0.2) is 0 Å². The minimum Gasteiger partial charge on any atom is -0.496 e. The normalized spacial score (nSPS) is 11.4. The molecular formula is C19H14BrN3O2. The van der Waals surface area contributed by atoms with Gasteiger partial charge >= 0.3 is 0 Å². The Balaban J connectivity index is 2.26. The second-order valence-corrected chi connectivity index (χ2v) is 6.30. The van der Waals surface area contributed by atoms with E-state index in [2.05, 4.69) is 27.0 Å². The molecule has 0 aliphatic heterocycles. The van der Waals surface area contributed by atoms with Crippen LogP contribution in [0.3, 0.4) is 0 Å². The number of halogens is 1. The average Bonchev–Trinajstić information content (AvgIpc) is 2.98. The van der Waals surface area contributed by atoms with Gasteiger partial charge in [0.25, 0.3) is 0 Å². The first-order valence-corrected chi connectivity index (χ1v) is 8.26. The third-order valence-corrected chi connectivity index (χ3v) is 4.34. The van der Waals surface area contributed by atoms with Gasteiger partial charge in [0.05, 0.1) is 24.3 Å². The van der Waals surface area contributed by atoms with Crippen molar-refractivity contribution in [1.82, 2.24) is 9.55 Å². The summed E-state index contributed by atoms with van der Waals surface area (Å²) in [5, 5.41) is 10.5. The summed E-state index contributed by atoms with van der Waals surface area (Å²) in [6, 6.07) is 9.57. The molecule has 2 heterocycles. The Morgan fingerprint density at radius 2 is 2.20 bits per heavy atom. The van der Waals surface area contributed by atoms with Gasteiger partial charge in [-0.2, -0.15) is 5.26 Å². The van der Waals surface area contributed by atoms with Crippen molar-refractivity contribution in [2.24, 2.45) is 0 Å². The van der Waals surface area contributed by atoms with Gasteiger partial charge in [0.1, 0.15) is 5.75 Å². The Hall–Kier alpha value is -2.91. The summed E-state index contributed by atoms with van der Waals surface area (Å²) in [4.78, 5) is 16.0. The molecule has 0 spiro atoms. The summed E-state index contributed by atoms with van der Waals surface area (Å²) in [5.74, 6) is 0.508. The lowest BCUT2D eigenvalue weighted by atomic mass is 10.0. The van der Waals surface area contributed by atoms with Gasteiger partial charge in [-0.15, -0.1) is 0 Å². The lowest BCUT2D eigenvalue weighted by Gasteiger charge is -2.04. The quantitative estimate of drug-likeness (QED) is 0.610. The summed E-state index contributed by atoms with van der Waals surface area (Å²) in [6.45, 7) is 1.49. The molecule has 3 rings (SSSR count). The van der Waals surface area contributed by atoms with Gasteiger partial charge in [0.15, 0.2) is 0 Å². The van der Waals surface area contributed by atoms with Gasteiger partial charge in [-0.3, -0.25) is 14.3 Å². The van der Waals surface area contributed by atoms with Crippen LogP contribution in [0.4, 0.5) is 0 Å². The summed E-state index contributed by atoms with van der Waals surface area (Å²) in [6.07, 6.45) is 6.67. The fourth-order valence-corrected chi connectivity index (χ4v) is 3.05. The maximum atomic E-state index is 11.9. The molecule has 0 aliphatic carbocycles. The van der Waals surface area contributed by atoms with E-state index in [9.17, 15) is 10.1 Å². The van der Waals surface area contributed by atoms with Crippen LogP contribution in [0.2, 0.25) is 0 Å². The predicted octanol–water partition coefficient (Wildman–Crippen LogP) is 4.53. The van der Waals surface area contributed by atoms with Crippen molar-refractivity contribution in [2.45, 2.75) is 6.92 Å². The summed E-state index contributed by atoms with van der Waals surface area (Å²) in [5.41, 5.74) is 2.56. The number of carbonyl (C=O) groups is 1. The molecule has 0 fully saturated rings. The first-order valence-electron chi connectivity index (χ1n) is 7.47. The molecule has 3 aromatic rings. The minimum atomic E-state index is -0.116. The number of ether oxygens (including phenoxy) is 1. The molecule has 0 bridgehead atoms. The molecule has 0 unspecified atom stereocenters.